The third-order valence-corrected chi connectivity index (χ3v) is 2.45. The number of carboxylic acids is 1. The number of phenolic OH excluding ortho intramolecular Hbond substituents is 1. The van der Waals surface area contributed by atoms with Gasteiger partial charge in [0, 0.05) is 18.0 Å². The lowest BCUT2D eigenvalue weighted by molar-refractivity contribution is -0.136. The van der Waals surface area contributed by atoms with Gasteiger partial charge in [0.1, 0.15) is 11.3 Å². The second-order valence-corrected chi connectivity index (χ2v) is 3.54. The molecule has 2 N–H and O–H groups in total. The van der Waals surface area contributed by atoms with Crippen molar-refractivity contribution in [1.29, 1.82) is 0 Å². The number of aromatic hydroxyl groups is 1. The van der Waals surface area contributed by atoms with Crippen LogP contribution in [0.1, 0.15) is 12.0 Å². The average molecular weight is 217 g/mol. The average Bonchev–Trinajstić information content (AvgIpc) is 2.28. The van der Waals surface area contributed by atoms with Crippen molar-refractivity contribution in [3.05, 3.63) is 36.0 Å². The highest BCUT2D eigenvalue weighted by atomic mass is 16.4. The Labute approximate surface area is 92.2 Å². The van der Waals surface area contributed by atoms with E-state index in [2.05, 4.69) is 4.98 Å². The first-order valence-corrected chi connectivity index (χ1v) is 4.96. The molecule has 0 amide bonds. The van der Waals surface area contributed by atoms with E-state index in [1.807, 2.05) is 6.07 Å². The molecule has 0 unspecified atom stereocenters. The summed E-state index contributed by atoms with van der Waals surface area (Å²) in [7, 11) is 0. The standard InChI is InChI=1S/C12H11NO3/c14-10-5-3-8(4-6-11(15)16)9-2-1-7-13-12(9)10/h1-3,5,7,14H,4,6H2,(H,15,16). The van der Waals surface area contributed by atoms with Gasteiger partial charge in [0.25, 0.3) is 0 Å². The van der Waals surface area contributed by atoms with Crippen molar-refractivity contribution >= 4 is 16.9 Å². The quantitative estimate of drug-likeness (QED) is 0.824. The fraction of sp³-hybridized carbons (Fsp3) is 0.167. The van der Waals surface area contributed by atoms with Crippen LogP contribution in [0.4, 0.5) is 0 Å². The van der Waals surface area contributed by atoms with E-state index in [0.29, 0.717) is 11.9 Å². The number of fused-ring (bicyclic) bond motifs is 1. The van der Waals surface area contributed by atoms with Crippen LogP contribution in [0, 0.1) is 0 Å². The van der Waals surface area contributed by atoms with Crippen molar-refractivity contribution in [1.82, 2.24) is 4.98 Å². The molecule has 1 aromatic carbocycles. The summed E-state index contributed by atoms with van der Waals surface area (Å²) in [6.07, 6.45) is 2.12. The topological polar surface area (TPSA) is 70.4 Å². The van der Waals surface area contributed by atoms with Gasteiger partial charge in [0.15, 0.2) is 0 Å². The molecule has 0 saturated carbocycles. The highest BCUT2D eigenvalue weighted by molar-refractivity contribution is 5.87. The van der Waals surface area contributed by atoms with Crippen molar-refractivity contribution in [3.8, 4) is 5.75 Å². The zero-order chi connectivity index (χ0) is 11.5. The summed E-state index contributed by atoms with van der Waals surface area (Å²) in [6.45, 7) is 0. The zero-order valence-electron chi connectivity index (χ0n) is 8.55. The molecule has 0 radical (unpaired) electrons. The first kappa shape index (κ1) is 10.4. The molecule has 0 spiro atoms. The van der Waals surface area contributed by atoms with Crippen LogP contribution in [0.2, 0.25) is 0 Å². The van der Waals surface area contributed by atoms with Gasteiger partial charge in [-0.15, -0.1) is 0 Å². The van der Waals surface area contributed by atoms with Crippen LogP contribution in [-0.4, -0.2) is 21.2 Å². The van der Waals surface area contributed by atoms with Crippen molar-refractivity contribution in [2.75, 3.05) is 0 Å². The van der Waals surface area contributed by atoms with E-state index >= 15 is 0 Å². The molecule has 0 saturated heterocycles. The number of aryl methyl sites for hydroxylation is 1. The molecule has 0 atom stereocenters. The smallest absolute Gasteiger partial charge is 0.303 e. The maximum Gasteiger partial charge on any atom is 0.303 e. The lowest BCUT2D eigenvalue weighted by atomic mass is 10.0. The van der Waals surface area contributed by atoms with E-state index in [9.17, 15) is 9.90 Å². The number of carbonyl (C=O) groups is 1. The highest BCUT2D eigenvalue weighted by Crippen LogP contribution is 2.26. The van der Waals surface area contributed by atoms with Crippen LogP contribution in [0.3, 0.4) is 0 Å². The Morgan fingerprint density at radius 2 is 2.12 bits per heavy atom. The van der Waals surface area contributed by atoms with E-state index in [0.717, 1.165) is 10.9 Å². The molecule has 4 nitrogen and oxygen atoms in total. The highest BCUT2D eigenvalue weighted by Gasteiger charge is 2.07. The Morgan fingerprint density at radius 3 is 2.88 bits per heavy atom. The second kappa shape index (κ2) is 4.18. The molecular formula is C12H11NO3. The minimum absolute atomic E-state index is 0.0781. The number of phenols is 1. The normalized spacial score (nSPS) is 10.5. The molecule has 0 aliphatic carbocycles. The minimum Gasteiger partial charge on any atom is -0.506 e. The predicted octanol–water partition coefficient (Wildman–Crippen LogP) is 1.96. The summed E-state index contributed by atoms with van der Waals surface area (Å²) < 4.78 is 0. The summed E-state index contributed by atoms with van der Waals surface area (Å²) in [4.78, 5) is 14.6. The number of pyridine rings is 1. The van der Waals surface area contributed by atoms with Crippen molar-refractivity contribution < 1.29 is 15.0 Å². The molecular weight excluding hydrogens is 206 g/mol. The molecule has 1 heterocycles. The van der Waals surface area contributed by atoms with E-state index in [-0.39, 0.29) is 12.2 Å². The Kier molecular flexibility index (Phi) is 2.72. The first-order chi connectivity index (χ1) is 7.68. The van der Waals surface area contributed by atoms with E-state index in [1.165, 1.54) is 0 Å². The number of aromatic nitrogens is 1. The summed E-state index contributed by atoms with van der Waals surface area (Å²) in [5.74, 6) is -0.709. The number of nitrogens with zero attached hydrogens (tertiary/aromatic N) is 1. The molecule has 0 fully saturated rings. The van der Waals surface area contributed by atoms with E-state index < -0.39 is 5.97 Å². The number of benzene rings is 1. The van der Waals surface area contributed by atoms with Gasteiger partial charge in [-0.25, -0.2) is 0 Å². The second-order valence-electron chi connectivity index (χ2n) is 3.54. The maximum absolute atomic E-state index is 10.5. The first-order valence-electron chi connectivity index (χ1n) is 4.96. The molecule has 2 aromatic rings. The Balaban J connectivity index is 2.46. The Morgan fingerprint density at radius 1 is 1.31 bits per heavy atom. The SMILES string of the molecule is O=C(O)CCc1ccc(O)c2ncccc12. The molecule has 4 heteroatoms. The van der Waals surface area contributed by atoms with E-state index in [1.54, 1.807) is 24.4 Å². The molecule has 82 valence electrons. The zero-order valence-corrected chi connectivity index (χ0v) is 8.55. The van der Waals surface area contributed by atoms with Crippen LogP contribution in [0.15, 0.2) is 30.5 Å². The van der Waals surface area contributed by atoms with Crippen molar-refractivity contribution in [2.45, 2.75) is 12.8 Å². The summed E-state index contributed by atoms with van der Waals surface area (Å²) in [5.41, 5.74) is 1.41. The van der Waals surface area contributed by atoms with E-state index in [4.69, 9.17) is 5.11 Å². The lowest BCUT2D eigenvalue weighted by Crippen LogP contribution is -1.98. The van der Waals surface area contributed by atoms with Crippen LogP contribution < -0.4 is 0 Å². The van der Waals surface area contributed by atoms with Crippen LogP contribution >= 0.6 is 0 Å². The molecule has 1 aromatic heterocycles. The van der Waals surface area contributed by atoms with Crippen LogP contribution in [-0.2, 0) is 11.2 Å². The number of hydrogen-bond donors (Lipinski definition) is 2. The summed E-state index contributed by atoms with van der Waals surface area (Å²) in [5, 5.41) is 19.0. The van der Waals surface area contributed by atoms with Gasteiger partial charge in [-0.2, -0.15) is 0 Å². The molecule has 0 aliphatic rings. The van der Waals surface area contributed by atoms with Gasteiger partial charge in [-0.1, -0.05) is 12.1 Å². The van der Waals surface area contributed by atoms with Gasteiger partial charge < -0.3 is 10.2 Å². The third-order valence-electron chi connectivity index (χ3n) is 2.45. The monoisotopic (exact) mass is 217 g/mol. The number of rotatable bonds is 3. The van der Waals surface area contributed by atoms with Crippen molar-refractivity contribution in [3.63, 3.8) is 0 Å². The van der Waals surface area contributed by atoms with Crippen LogP contribution in [0.25, 0.3) is 10.9 Å². The largest absolute Gasteiger partial charge is 0.506 e. The molecule has 2 rings (SSSR count). The Bertz CT molecular complexity index is 537. The maximum atomic E-state index is 10.5. The molecule has 0 aliphatic heterocycles. The molecule has 0 bridgehead atoms. The predicted molar refractivity (Wildman–Crippen MR) is 59.4 cm³/mol. The van der Waals surface area contributed by atoms with Gasteiger partial charge in [-0.3, -0.25) is 9.78 Å². The number of carboxylic acid groups (broad SMARTS) is 1. The fourth-order valence-corrected chi connectivity index (χ4v) is 1.68. The minimum atomic E-state index is -0.829. The summed E-state index contributed by atoms with van der Waals surface area (Å²) in [6, 6.07) is 6.89. The summed E-state index contributed by atoms with van der Waals surface area (Å²) >= 11 is 0. The van der Waals surface area contributed by atoms with Crippen molar-refractivity contribution in [2.24, 2.45) is 0 Å². The number of hydrogen-bond acceptors (Lipinski definition) is 3. The lowest BCUT2D eigenvalue weighted by Gasteiger charge is -2.05. The van der Waals surface area contributed by atoms with Gasteiger partial charge in [-0.05, 0) is 24.1 Å². The van der Waals surface area contributed by atoms with Gasteiger partial charge in [0.2, 0.25) is 0 Å². The Hall–Kier alpha value is -2.10. The third kappa shape index (κ3) is 1.95. The molecule has 16 heavy (non-hydrogen) atoms. The van der Waals surface area contributed by atoms with Gasteiger partial charge >= 0.3 is 5.97 Å². The number of aliphatic carboxylic acids is 1. The fourth-order valence-electron chi connectivity index (χ4n) is 1.68. The van der Waals surface area contributed by atoms with Crippen LogP contribution in [0.5, 0.6) is 5.75 Å². The van der Waals surface area contributed by atoms with Gasteiger partial charge in [0.05, 0.1) is 0 Å².